The third kappa shape index (κ3) is 2.11. The number of anilines is 1. The first-order valence-corrected chi connectivity index (χ1v) is 5.72. The van der Waals surface area contributed by atoms with E-state index >= 15 is 0 Å². The molecular formula is C13H13N3O2. The highest BCUT2D eigenvalue weighted by atomic mass is 16.2. The highest BCUT2D eigenvalue weighted by molar-refractivity contribution is 6.19. The van der Waals surface area contributed by atoms with Gasteiger partial charge in [-0.1, -0.05) is 12.1 Å². The molecule has 0 saturated carbocycles. The maximum atomic E-state index is 11.8. The van der Waals surface area contributed by atoms with Gasteiger partial charge in [-0.15, -0.1) is 0 Å². The second-order valence-corrected chi connectivity index (χ2v) is 4.14. The van der Waals surface area contributed by atoms with Gasteiger partial charge in [0.1, 0.15) is 6.42 Å². The first-order chi connectivity index (χ1) is 8.67. The van der Waals surface area contributed by atoms with Gasteiger partial charge < -0.3 is 5.73 Å². The fourth-order valence-electron chi connectivity index (χ4n) is 2.12. The second kappa shape index (κ2) is 4.98. The summed E-state index contributed by atoms with van der Waals surface area (Å²) in [5.74, 6) is -0.733. The molecule has 0 aliphatic carbocycles. The van der Waals surface area contributed by atoms with Crippen LogP contribution in [0, 0.1) is 11.3 Å². The molecule has 92 valence electrons. The van der Waals surface area contributed by atoms with E-state index in [9.17, 15) is 9.59 Å². The molecule has 18 heavy (non-hydrogen) atoms. The Hall–Kier alpha value is -2.19. The van der Waals surface area contributed by atoms with Crippen LogP contribution < -0.4 is 10.6 Å². The van der Waals surface area contributed by atoms with Crippen molar-refractivity contribution < 1.29 is 9.59 Å². The highest BCUT2D eigenvalue weighted by Gasteiger charge is 2.31. The van der Waals surface area contributed by atoms with E-state index in [0.29, 0.717) is 12.2 Å². The minimum absolute atomic E-state index is 0.213. The lowest BCUT2D eigenvalue weighted by Gasteiger charge is -2.13. The third-order valence-electron chi connectivity index (χ3n) is 2.89. The number of benzene rings is 1. The van der Waals surface area contributed by atoms with Crippen LogP contribution >= 0.6 is 0 Å². The molecule has 1 heterocycles. The van der Waals surface area contributed by atoms with Crippen LogP contribution in [0.5, 0.6) is 0 Å². The van der Waals surface area contributed by atoms with Gasteiger partial charge in [-0.3, -0.25) is 9.59 Å². The van der Waals surface area contributed by atoms with Crippen molar-refractivity contribution in [2.24, 2.45) is 5.73 Å². The van der Waals surface area contributed by atoms with Crippen LogP contribution in [0.2, 0.25) is 0 Å². The first kappa shape index (κ1) is 12.3. The summed E-state index contributed by atoms with van der Waals surface area (Å²) in [4.78, 5) is 24.6. The molecule has 0 unspecified atom stereocenters. The van der Waals surface area contributed by atoms with E-state index in [1.165, 1.54) is 0 Å². The number of nitrogens with zero attached hydrogens (tertiary/aromatic N) is 2. The molecule has 2 rings (SSSR count). The molecule has 5 nitrogen and oxygen atoms in total. The zero-order valence-electron chi connectivity index (χ0n) is 9.85. The predicted octanol–water partition coefficient (Wildman–Crippen LogP) is 0.517. The molecule has 2 N–H and O–H groups in total. The van der Waals surface area contributed by atoms with Gasteiger partial charge in [-0.2, -0.15) is 5.26 Å². The van der Waals surface area contributed by atoms with Crippen molar-refractivity contribution in [3.63, 3.8) is 0 Å². The summed E-state index contributed by atoms with van der Waals surface area (Å²) < 4.78 is 0. The molecule has 0 aromatic heterocycles. The molecule has 2 amide bonds. The summed E-state index contributed by atoms with van der Waals surface area (Å²) in [6.45, 7) is 0.545. The van der Waals surface area contributed by atoms with Crippen molar-refractivity contribution in [2.45, 2.75) is 19.3 Å². The molecule has 1 aliphatic heterocycles. The van der Waals surface area contributed by atoms with Crippen LogP contribution in [0.4, 0.5) is 5.69 Å². The fraction of sp³-hybridized carbons (Fsp3) is 0.308. The number of imide groups is 1. The van der Waals surface area contributed by atoms with Gasteiger partial charge >= 0.3 is 0 Å². The number of hydrogen-bond donors (Lipinski definition) is 1. The number of rotatable bonds is 3. The molecule has 1 aliphatic rings. The van der Waals surface area contributed by atoms with Crippen LogP contribution in [-0.4, -0.2) is 18.4 Å². The fourth-order valence-corrected chi connectivity index (χ4v) is 2.12. The predicted molar refractivity (Wildman–Crippen MR) is 65.6 cm³/mol. The number of hydrogen-bond acceptors (Lipinski definition) is 4. The Morgan fingerprint density at radius 3 is 2.94 bits per heavy atom. The van der Waals surface area contributed by atoms with Crippen molar-refractivity contribution in [2.75, 3.05) is 11.4 Å². The summed E-state index contributed by atoms with van der Waals surface area (Å²) in [5.41, 5.74) is 7.96. The highest BCUT2D eigenvalue weighted by Crippen LogP contribution is 2.30. The monoisotopic (exact) mass is 243 g/mol. The maximum Gasteiger partial charge on any atom is 0.247 e. The number of carbonyl (C=O) groups is 2. The molecule has 1 aromatic rings. The summed E-state index contributed by atoms with van der Waals surface area (Å²) in [7, 11) is 0. The first-order valence-electron chi connectivity index (χ1n) is 5.72. The summed E-state index contributed by atoms with van der Waals surface area (Å²) >= 11 is 0. The Balaban J connectivity index is 2.32. The van der Waals surface area contributed by atoms with Crippen LogP contribution in [-0.2, 0) is 22.4 Å². The van der Waals surface area contributed by atoms with E-state index < -0.39 is 5.91 Å². The average molecular weight is 243 g/mol. The van der Waals surface area contributed by atoms with E-state index in [2.05, 4.69) is 0 Å². The Labute approximate surface area is 105 Å². The molecule has 0 saturated heterocycles. The molecule has 5 heteroatoms. The van der Waals surface area contributed by atoms with Gasteiger partial charge in [0.05, 0.1) is 18.2 Å². The van der Waals surface area contributed by atoms with Gasteiger partial charge in [0, 0.05) is 0 Å². The number of fused-ring (bicyclic) bond motifs is 1. The smallest absolute Gasteiger partial charge is 0.247 e. The molecule has 0 bridgehead atoms. The Morgan fingerprint density at radius 1 is 1.50 bits per heavy atom. The van der Waals surface area contributed by atoms with Crippen molar-refractivity contribution in [3.8, 4) is 6.07 Å². The molecule has 1 aromatic carbocycles. The van der Waals surface area contributed by atoms with Gasteiger partial charge in [0.15, 0.2) is 0 Å². The van der Waals surface area contributed by atoms with Crippen LogP contribution in [0.25, 0.3) is 0 Å². The molecule has 0 spiro atoms. The number of carbonyl (C=O) groups excluding carboxylic acids is 2. The van der Waals surface area contributed by atoms with Crippen LogP contribution in [0.3, 0.4) is 0 Å². The van der Waals surface area contributed by atoms with Crippen molar-refractivity contribution >= 4 is 17.5 Å². The largest absolute Gasteiger partial charge is 0.330 e. The molecule has 0 fully saturated rings. The standard InChI is InChI=1S/C13H13N3O2/c14-5-3-9-1-2-11-10(7-9)8-13(18)16(11)12(17)4-6-15/h1-2,7H,3-5,8,14H2. The number of amides is 2. The molecule has 0 atom stereocenters. The Bertz CT molecular complexity index is 546. The van der Waals surface area contributed by atoms with Crippen molar-refractivity contribution in [1.29, 1.82) is 5.26 Å². The Morgan fingerprint density at radius 2 is 2.28 bits per heavy atom. The molecular weight excluding hydrogens is 230 g/mol. The van der Waals surface area contributed by atoms with Crippen LogP contribution in [0.15, 0.2) is 18.2 Å². The van der Waals surface area contributed by atoms with Gasteiger partial charge in [-0.25, -0.2) is 4.90 Å². The minimum atomic E-state index is -0.465. The summed E-state index contributed by atoms with van der Waals surface area (Å²) in [6, 6.07) is 7.28. The zero-order chi connectivity index (χ0) is 13.1. The summed E-state index contributed by atoms with van der Waals surface area (Å²) in [6.07, 6.45) is 0.675. The average Bonchev–Trinajstić information content (AvgIpc) is 2.65. The Kier molecular flexibility index (Phi) is 3.40. The van der Waals surface area contributed by atoms with E-state index in [0.717, 1.165) is 22.4 Å². The van der Waals surface area contributed by atoms with Gasteiger partial charge in [0.2, 0.25) is 11.8 Å². The lowest BCUT2D eigenvalue weighted by Crippen LogP contribution is -2.33. The van der Waals surface area contributed by atoms with Gasteiger partial charge in [-0.05, 0) is 30.2 Å². The minimum Gasteiger partial charge on any atom is -0.330 e. The maximum absolute atomic E-state index is 11.8. The van der Waals surface area contributed by atoms with E-state index in [-0.39, 0.29) is 18.7 Å². The normalized spacial score (nSPS) is 13.3. The molecule has 0 radical (unpaired) electrons. The SMILES string of the molecule is N#CCC(=O)N1C(=O)Cc2cc(CCN)ccc21. The third-order valence-corrected chi connectivity index (χ3v) is 2.89. The van der Waals surface area contributed by atoms with E-state index in [1.54, 1.807) is 12.1 Å². The lowest BCUT2D eigenvalue weighted by atomic mass is 10.1. The topological polar surface area (TPSA) is 87.2 Å². The van der Waals surface area contributed by atoms with Crippen LogP contribution in [0.1, 0.15) is 17.5 Å². The number of nitriles is 1. The van der Waals surface area contributed by atoms with E-state index in [4.69, 9.17) is 11.0 Å². The van der Waals surface area contributed by atoms with Crippen molar-refractivity contribution in [1.82, 2.24) is 0 Å². The quantitative estimate of drug-likeness (QED) is 0.838. The lowest BCUT2D eigenvalue weighted by molar-refractivity contribution is -0.125. The second-order valence-electron chi connectivity index (χ2n) is 4.14. The zero-order valence-corrected chi connectivity index (χ0v) is 9.85. The van der Waals surface area contributed by atoms with Gasteiger partial charge in [0.25, 0.3) is 0 Å². The van der Waals surface area contributed by atoms with E-state index in [1.807, 2.05) is 12.1 Å². The number of nitrogens with two attached hydrogens (primary N) is 1. The van der Waals surface area contributed by atoms with Crippen molar-refractivity contribution in [3.05, 3.63) is 29.3 Å². The summed E-state index contributed by atoms with van der Waals surface area (Å²) in [5, 5.41) is 8.52.